The van der Waals surface area contributed by atoms with Gasteiger partial charge in [0, 0.05) is 0 Å². The standard InChI is InChI=1S/C6H14O13P2.Na.H/c7-1-2(8)4(10)6(12,5(11)3(1)9)18-21(16,17)19-20(13,14)15;;/h1-5,7-12H,(H,16,17)(H2,13,14,15);;/q;+1;-1/t1?,2-,3+,4-,5-,6?;;/m1../s1. The number of phosphoric ester groups is 1. The van der Waals surface area contributed by atoms with Gasteiger partial charge in [0.2, 0.25) is 5.79 Å². The largest absolute Gasteiger partial charge is 1.00 e. The van der Waals surface area contributed by atoms with E-state index < -0.39 is 52.0 Å². The molecule has 0 heterocycles. The molecule has 13 nitrogen and oxygen atoms in total. The number of phosphoric acid groups is 2. The minimum Gasteiger partial charge on any atom is -1.00 e. The first-order valence-electron chi connectivity index (χ1n) is 5.14. The van der Waals surface area contributed by atoms with Crippen molar-refractivity contribution >= 4 is 15.6 Å². The summed E-state index contributed by atoms with van der Waals surface area (Å²) in [6.45, 7) is 0. The smallest absolute Gasteiger partial charge is 1.00 e. The summed E-state index contributed by atoms with van der Waals surface area (Å²) in [5.74, 6) is -3.56. The van der Waals surface area contributed by atoms with Crippen LogP contribution in [0.15, 0.2) is 0 Å². The van der Waals surface area contributed by atoms with Crippen LogP contribution in [0.4, 0.5) is 0 Å². The Hall–Kier alpha value is 1.02. The molecular formula is C6H15NaO13P2. The molecule has 0 aromatic carbocycles. The summed E-state index contributed by atoms with van der Waals surface area (Å²) in [5, 5.41) is 56.6. The maximum atomic E-state index is 11.3. The van der Waals surface area contributed by atoms with Gasteiger partial charge in [-0.15, -0.1) is 0 Å². The van der Waals surface area contributed by atoms with Crippen molar-refractivity contribution in [3.05, 3.63) is 0 Å². The molecule has 128 valence electrons. The van der Waals surface area contributed by atoms with E-state index in [1.54, 1.807) is 0 Å². The fraction of sp³-hybridized carbons (Fsp3) is 1.00. The number of rotatable bonds is 4. The quantitative estimate of drug-likeness (QED) is 0.125. The second-order valence-electron chi connectivity index (χ2n) is 4.25. The van der Waals surface area contributed by atoms with Crippen molar-refractivity contribution in [2.24, 2.45) is 0 Å². The van der Waals surface area contributed by atoms with Crippen LogP contribution >= 0.6 is 15.6 Å². The molecule has 1 rings (SSSR count). The van der Waals surface area contributed by atoms with Crippen molar-refractivity contribution in [3.63, 3.8) is 0 Å². The van der Waals surface area contributed by atoms with Crippen molar-refractivity contribution in [1.29, 1.82) is 0 Å². The van der Waals surface area contributed by atoms with Gasteiger partial charge in [-0.2, -0.15) is 4.31 Å². The summed E-state index contributed by atoms with van der Waals surface area (Å²) in [7, 11) is -11.3. The van der Waals surface area contributed by atoms with E-state index in [4.69, 9.17) is 14.7 Å². The Bertz CT molecular complexity index is 469. The molecule has 7 atom stereocenters. The summed E-state index contributed by atoms with van der Waals surface area (Å²) in [5.41, 5.74) is 0. The van der Waals surface area contributed by atoms with E-state index in [0.29, 0.717) is 0 Å². The Labute approximate surface area is 146 Å². The zero-order chi connectivity index (χ0) is 16.8. The van der Waals surface area contributed by atoms with Gasteiger partial charge in [-0.1, -0.05) is 0 Å². The molecule has 9 N–H and O–H groups in total. The third-order valence-electron chi connectivity index (χ3n) is 2.67. The summed E-state index contributed by atoms with van der Waals surface area (Å²) < 4.78 is 29.0. The van der Waals surface area contributed by atoms with E-state index >= 15 is 0 Å². The molecule has 1 fully saturated rings. The van der Waals surface area contributed by atoms with Gasteiger partial charge in [0.25, 0.3) is 0 Å². The first-order chi connectivity index (χ1) is 9.21. The van der Waals surface area contributed by atoms with E-state index in [2.05, 4.69) is 8.83 Å². The molecule has 0 spiro atoms. The third-order valence-corrected chi connectivity index (χ3v) is 4.87. The van der Waals surface area contributed by atoms with Crippen LogP contribution in [0.5, 0.6) is 0 Å². The maximum absolute atomic E-state index is 11.3. The van der Waals surface area contributed by atoms with E-state index in [-0.39, 0.29) is 31.0 Å². The van der Waals surface area contributed by atoms with Gasteiger partial charge in [-0.05, 0) is 0 Å². The molecule has 22 heavy (non-hydrogen) atoms. The Morgan fingerprint density at radius 2 is 1.23 bits per heavy atom. The van der Waals surface area contributed by atoms with E-state index in [1.807, 2.05) is 0 Å². The van der Waals surface area contributed by atoms with Gasteiger partial charge in [-0.3, -0.25) is 0 Å². The Morgan fingerprint density at radius 3 is 1.55 bits per heavy atom. The molecule has 16 heteroatoms. The predicted octanol–water partition coefficient (Wildman–Crippen LogP) is -7.16. The van der Waals surface area contributed by atoms with Gasteiger partial charge >= 0.3 is 45.2 Å². The van der Waals surface area contributed by atoms with Gasteiger partial charge < -0.3 is 46.7 Å². The zero-order valence-corrected chi connectivity index (χ0v) is 14.7. The third kappa shape index (κ3) is 5.01. The number of aliphatic hydroxyl groups excluding tert-OH is 5. The van der Waals surface area contributed by atoms with Crippen LogP contribution < -0.4 is 29.6 Å². The average molecular weight is 380 g/mol. The fourth-order valence-electron chi connectivity index (χ4n) is 1.68. The molecule has 0 aliphatic heterocycles. The minimum absolute atomic E-state index is 0. The molecule has 1 aliphatic carbocycles. The molecule has 0 bridgehead atoms. The Morgan fingerprint density at radius 1 is 0.864 bits per heavy atom. The van der Waals surface area contributed by atoms with Crippen LogP contribution in [0.2, 0.25) is 0 Å². The van der Waals surface area contributed by atoms with Crippen LogP contribution in [0.3, 0.4) is 0 Å². The molecular weight excluding hydrogens is 365 g/mol. The fourth-order valence-corrected chi connectivity index (χ4v) is 3.48. The van der Waals surface area contributed by atoms with Crippen LogP contribution in [0, 0.1) is 0 Å². The Balaban J connectivity index is 0. The minimum atomic E-state index is -5.73. The van der Waals surface area contributed by atoms with Gasteiger partial charge in [0.1, 0.15) is 30.5 Å². The van der Waals surface area contributed by atoms with E-state index in [1.165, 1.54) is 0 Å². The van der Waals surface area contributed by atoms with E-state index in [0.717, 1.165) is 0 Å². The molecule has 3 unspecified atom stereocenters. The topological polar surface area (TPSA) is 235 Å². The van der Waals surface area contributed by atoms with E-state index in [9.17, 15) is 39.8 Å². The molecule has 0 amide bonds. The number of hydrogen-bond donors (Lipinski definition) is 9. The van der Waals surface area contributed by atoms with Crippen LogP contribution in [-0.4, -0.2) is 81.6 Å². The monoisotopic (exact) mass is 380 g/mol. The van der Waals surface area contributed by atoms with Crippen molar-refractivity contribution < 1.29 is 94.3 Å². The average Bonchev–Trinajstić information content (AvgIpc) is 2.28. The second-order valence-corrected chi connectivity index (χ2v) is 7.00. The van der Waals surface area contributed by atoms with Gasteiger partial charge in [0.15, 0.2) is 0 Å². The van der Waals surface area contributed by atoms with Gasteiger partial charge in [0.05, 0.1) is 0 Å². The maximum Gasteiger partial charge on any atom is 1.00 e. The number of aliphatic hydroxyl groups is 6. The van der Waals surface area contributed by atoms with Crippen molar-refractivity contribution in [1.82, 2.24) is 0 Å². The van der Waals surface area contributed by atoms with Crippen molar-refractivity contribution in [2.45, 2.75) is 36.3 Å². The van der Waals surface area contributed by atoms with Crippen LogP contribution in [-0.2, 0) is 18.0 Å². The molecule has 1 saturated carbocycles. The predicted molar refractivity (Wildman–Crippen MR) is 60.1 cm³/mol. The van der Waals surface area contributed by atoms with Crippen LogP contribution in [0.1, 0.15) is 1.43 Å². The summed E-state index contributed by atoms with van der Waals surface area (Å²) in [6, 6.07) is 0. The normalized spacial score (nSPS) is 42.3. The molecule has 0 radical (unpaired) electrons. The van der Waals surface area contributed by atoms with Gasteiger partial charge in [-0.25, -0.2) is 13.7 Å². The van der Waals surface area contributed by atoms with Crippen molar-refractivity contribution in [3.8, 4) is 0 Å². The molecule has 0 aromatic rings. The first-order valence-corrected chi connectivity index (χ1v) is 8.17. The first kappa shape index (κ1) is 23.0. The van der Waals surface area contributed by atoms with Crippen molar-refractivity contribution in [2.75, 3.05) is 0 Å². The summed E-state index contributed by atoms with van der Waals surface area (Å²) in [6.07, 6.45) is -12.0. The Kier molecular flexibility index (Phi) is 7.85. The summed E-state index contributed by atoms with van der Waals surface area (Å²) >= 11 is 0. The molecule has 1 aliphatic rings. The molecule has 0 saturated heterocycles. The van der Waals surface area contributed by atoms with Crippen LogP contribution in [0.25, 0.3) is 0 Å². The SMILES string of the molecule is O=P(O)(O)OP(=O)(O)OC1(O)[C@H](O)[C@H](O)C(O)[C@H](O)[C@H]1O.[H-].[Na+]. The summed E-state index contributed by atoms with van der Waals surface area (Å²) in [4.78, 5) is 25.8. The second kappa shape index (κ2) is 7.50. The zero-order valence-electron chi connectivity index (χ0n) is 11.9. The number of hydrogen-bond acceptors (Lipinski definition) is 10. The molecule has 0 aromatic heterocycles.